The van der Waals surface area contributed by atoms with Gasteiger partial charge in [-0.05, 0) is 30.2 Å². The zero-order valence-electron chi connectivity index (χ0n) is 10.9. The molecule has 0 aliphatic rings. The first-order valence-electron chi connectivity index (χ1n) is 6.37. The second kappa shape index (κ2) is 6.71. The quantitative estimate of drug-likeness (QED) is 0.875. The Labute approximate surface area is 119 Å². The van der Waals surface area contributed by atoms with Gasteiger partial charge in [0.05, 0.1) is 6.10 Å². The molecule has 0 aliphatic carbocycles. The summed E-state index contributed by atoms with van der Waals surface area (Å²) in [6, 6.07) is 17.4. The van der Waals surface area contributed by atoms with E-state index < -0.39 is 6.10 Å². The Bertz CT molecular complexity index is 498. The van der Waals surface area contributed by atoms with E-state index in [1.807, 2.05) is 61.5 Å². The van der Waals surface area contributed by atoms with E-state index in [0.717, 1.165) is 16.1 Å². The highest BCUT2D eigenvalue weighted by atomic mass is 35.5. The molecule has 0 amide bonds. The average Bonchev–Trinajstić information content (AvgIpc) is 2.46. The average molecular weight is 276 g/mol. The van der Waals surface area contributed by atoms with Crippen LogP contribution in [0.1, 0.15) is 24.2 Å². The van der Waals surface area contributed by atoms with Crippen molar-refractivity contribution in [2.75, 3.05) is 0 Å². The van der Waals surface area contributed by atoms with Crippen LogP contribution in [0.2, 0.25) is 5.02 Å². The second-order valence-electron chi connectivity index (χ2n) is 4.65. The zero-order chi connectivity index (χ0) is 13.7. The highest BCUT2D eigenvalue weighted by molar-refractivity contribution is 6.30. The number of benzene rings is 2. The molecule has 0 aliphatic heterocycles. The lowest BCUT2D eigenvalue weighted by atomic mass is 10.0. The first-order chi connectivity index (χ1) is 9.16. The summed E-state index contributed by atoms with van der Waals surface area (Å²) in [5.74, 6) is 0. The van der Waals surface area contributed by atoms with Crippen molar-refractivity contribution in [2.24, 2.45) is 0 Å². The number of halogens is 1. The molecule has 0 unspecified atom stereocenters. The van der Waals surface area contributed by atoms with E-state index in [2.05, 4.69) is 5.32 Å². The summed E-state index contributed by atoms with van der Waals surface area (Å²) < 4.78 is 0. The van der Waals surface area contributed by atoms with Gasteiger partial charge in [-0.1, -0.05) is 54.1 Å². The van der Waals surface area contributed by atoms with Crippen molar-refractivity contribution < 1.29 is 5.11 Å². The lowest BCUT2D eigenvalue weighted by Gasteiger charge is -2.20. The molecule has 0 radical (unpaired) electrons. The molecule has 0 heterocycles. The zero-order valence-corrected chi connectivity index (χ0v) is 11.6. The van der Waals surface area contributed by atoms with Gasteiger partial charge in [0.1, 0.15) is 0 Å². The van der Waals surface area contributed by atoms with Crippen LogP contribution in [-0.2, 0) is 6.54 Å². The molecule has 100 valence electrons. The summed E-state index contributed by atoms with van der Waals surface area (Å²) in [6.45, 7) is 2.69. The fourth-order valence-electron chi connectivity index (χ4n) is 1.93. The maximum absolute atomic E-state index is 10.2. The molecule has 3 heteroatoms. The molecule has 2 aromatic rings. The molecule has 2 aromatic carbocycles. The first kappa shape index (κ1) is 14.1. The lowest BCUT2D eigenvalue weighted by molar-refractivity contribution is 0.135. The van der Waals surface area contributed by atoms with Gasteiger partial charge in [0.15, 0.2) is 0 Å². The van der Waals surface area contributed by atoms with Gasteiger partial charge in [-0.3, -0.25) is 0 Å². The number of hydrogen-bond acceptors (Lipinski definition) is 2. The molecule has 19 heavy (non-hydrogen) atoms. The number of rotatable bonds is 5. The number of nitrogens with one attached hydrogen (secondary N) is 1. The van der Waals surface area contributed by atoms with E-state index in [0.29, 0.717) is 6.54 Å². The van der Waals surface area contributed by atoms with Crippen LogP contribution in [-0.4, -0.2) is 11.1 Å². The fourth-order valence-corrected chi connectivity index (χ4v) is 2.06. The maximum atomic E-state index is 10.2. The minimum atomic E-state index is -0.506. The third-order valence-corrected chi connectivity index (χ3v) is 3.41. The summed E-state index contributed by atoms with van der Waals surface area (Å²) in [5, 5.41) is 14.3. The van der Waals surface area contributed by atoms with Gasteiger partial charge in [-0.25, -0.2) is 0 Å². The van der Waals surface area contributed by atoms with Crippen molar-refractivity contribution in [1.29, 1.82) is 0 Å². The van der Waals surface area contributed by atoms with E-state index in [1.165, 1.54) is 0 Å². The van der Waals surface area contributed by atoms with Crippen molar-refractivity contribution in [3.05, 3.63) is 70.7 Å². The van der Waals surface area contributed by atoms with Gasteiger partial charge in [-0.2, -0.15) is 0 Å². The Morgan fingerprint density at radius 3 is 2.32 bits per heavy atom. The fraction of sp³-hybridized carbons (Fsp3) is 0.250. The Balaban J connectivity index is 1.90. The van der Waals surface area contributed by atoms with E-state index in [9.17, 15) is 5.11 Å². The van der Waals surface area contributed by atoms with E-state index >= 15 is 0 Å². The van der Waals surface area contributed by atoms with Crippen LogP contribution in [0, 0.1) is 0 Å². The van der Waals surface area contributed by atoms with Crippen LogP contribution < -0.4 is 5.32 Å². The van der Waals surface area contributed by atoms with Crippen molar-refractivity contribution in [3.63, 3.8) is 0 Å². The monoisotopic (exact) mass is 275 g/mol. The van der Waals surface area contributed by atoms with Gasteiger partial charge in [0.25, 0.3) is 0 Å². The highest BCUT2D eigenvalue weighted by Crippen LogP contribution is 2.16. The number of aliphatic hydroxyl groups is 1. The van der Waals surface area contributed by atoms with E-state index in [1.54, 1.807) is 0 Å². The Morgan fingerprint density at radius 1 is 1.05 bits per heavy atom. The molecule has 0 aromatic heterocycles. The standard InChI is InChI=1S/C16H18ClNO/c1-12(16(19)14-5-3-2-4-6-14)18-11-13-7-9-15(17)10-8-13/h2-10,12,16,18-19H,11H2,1H3/t12-,16-/m1/s1. The maximum Gasteiger partial charge on any atom is 0.0940 e. The molecule has 0 saturated carbocycles. The van der Waals surface area contributed by atoms with Crippen LogP contribution in [0.5, 0.6) is 0 Å². The van der Waals surface area contributed by atoms with Crippen LogP contribution in [0.4, 0.5) is 0 Å². The third kappa shape index (κ3) is 4.06. The summed E-state index contributed by atoms with van der Waals surface area (Å²) in [5.41, 5.74) is 2.08. The van der Waals surface area contributed by atoms with Gasteiger partial charge < -0.3 is 10.4 Å². The van der Waals surface area contributed by atoms with Crippen LogP contribution >= 0.6 is 11.6 Å². The van der Waals surface area contributed by atoms with Crippen LogP contribution in [0.3, 0.4) is 0 Å². The summed E-state index contributed by atoms with van der Waals surface area (Å²) >= 11 is 5.84. The topological polar surface area (TPSA) is 32.3 Å². The highest BCUT2D eigenvalue weighted by Gasteiger charge is 2.15. The Kier molecular flexibility index (Phi) is 4.97. The predicted molar refractivity (Wildman–Crippen MR) is 79.2 cm³/mol. The molecular formula is C16H18ClNO. The van der Waals surface area contributed by atoms with Gasteiger partial charge >= 0.3 is 0 Å². The van der Waals surface area contributed by atoms with Gasteiger partial charge in [0, 0.05) is 17.6 Å². The smallest absolute Gasteiger partial charge is 0.0940 e. The molecule has 0 bridgehead atoms. The minimum Gasteiger partial charge on any atom is -0.387 e. The van der Waals surface area contributed by atoms with Crippen LogP contribution in [0.25, 0.3) is 0 Å². The molecule has 2 nitrogen and oxygen atoms in total. The van der Waals surface area contributed by atoms with Crippen molar-refractivity contribution in [3.8, 4) is 0 Å². The number of hydrogen-bond donors (Lipinski definition) is 2. The molecule has 2 N–H and O–H groups in total. The molecular weight excluding hydrogens is 258 g/mol. The molecule has 0 saturated heterocycles. The summed E-state index contributed by atoms with van der Waals surface area (Å²) in [7, 11) is 0. The summed E-state index contributed by atoms with van der Waals surface area (Å²) in [4.78, 5) is 0. The Hall–Kier alpha value is -1.35. The van der Waals surface area contributed by atoms with Gasteiger partial charge in [-0.15, -0.1) is 0 Å². The molecule has 2 atom stereocenters. The molecule has 2 rings (SSSR count). The predicted octanol–water partition coefficient (Wildman–Crippen LogP) is 3.55. The summed E-state index contributed by atoms with van der Waals surface area (Å²) in [6.07, 6.45) is -0.506. The van der Waals surface area contributed by atoms with Crippen molar-refractivity contribution >= 4 is 11.6 Å². The first-order valence-corrected chi connectivity index (χ1v) is 6.75. The lowest BCUT2D eigenvalue weighted by Crippen LogP contribution is -2.31. The van der Waals surface area contributed by atoms with Gasteiger partial charge in [0.2, 0.25) is 0 Å². The second-order valence-corrected chi connectivity index (χ2v) is 5.09. The largest absolute Gasteiger partial charge is 0.387 e. The molecule has 0 fully saturated rings. The van der Waals surface area contributed by atoms with Crippen molar-refractivity contribution in [2.45, 2.75) is 25.6 Å². The SMILES string of the molecule is C[C@@H](NCc1ccc(Cl)cc1)[C@@H](O)c1ccccc1. The normalized spacial score (nSPS) is 14.1. The number of aliphatic hydroxyl groups excluding tert-OH is 1. The minimum absolute atomic E-state index is 0.0157. The Morgan fingerprint density at radius 2 is 1.68 bits per heavy atom. The molecule has 0 spiro atoms. The van der Waals surface area contributed by atoms with Crippen LogP contribution in [0.15, 0.2) is 54.6 Å². The van der Waals surface area contributed by atoms with E-state index in [-0.39, 0.29) is 6.04 Å². The van der Waals surface area contributed by atoms with Crippen molar-refractivity contribution in [1.82, 2.24) is 5.32 Å². The van der Waals surface area contributed by atoms with E-state index in [4.69, 9.17) is 11.6 Å². The third-order valence-electron chi connectivity index (χ3n) is 3.16.